The maximum absolute atomic E-state index is 12.4. The number of nitrogens with zero attached hydrogens (tertiary/aromatic N) is 2. The van der Waals surface area contributed by atoms with E-state index in [1.165, 1.54) is 12.4 Å². The molecule has 0 aliphatic heterocycles. The second kappa shape index (κ2) is 6.14. The Balaban J connectivity index is 2.33. The zero-order valence-corrected chi connectivity index (χ0v) is 10.8. The number of nitrogens with two attached hydrogens (primary N) is 1. The maximum atomic E-state index is 12.4. The first-order valence-corrected chi connectivity index (χ1v) is 6.02. The van der Waals surface area contributed by atoms with Crippen LogP contribution in [-0.4, -0.2) is 16.6 Å². The third-order valence-electron chi connectivity index (χ3n) is 2.69. The van der Waals surface area contributed by atoms with Gasteiger partial charge in [-0.25, -0.2) is 9.97 Å². The summed E-state index contributed by atoms with van der Waals surface area (Å²) in [5.41, 5.74) is 6.87. The van der Waals surface area contributed by atoms with Crippen LogP contribution in [0.15, 0.2) is 30.6 Å². The van der Waals surface area contributed by atoms with Crippen LogP contribution in [0.2, 0.25) is 0 Å². The molecule has 5 nitrogen and oxygen atoms in total. The predicted molar refractivity (Wildman–Crippen MR) is 72.2 cm³/mol. The number of aromatic nitrogens is 2. The van der Waals surface area contributed by atoms with E-state index < -0.39 is 6.61 Å². The summed E-state index contributed by atoms with van der Waals surface area (Å²) in [5, 5.41) is 2.95. The molecule has 1 aromatic heterocycles. The van der Waals surface area contributed by atoms with Gasteiger partial charge in [-0.15, -0.1) is 0 Å². The van der Waals surface area contributed by atoms with Gasteiger partial charge in [-0.05, 0) is 18.6 Å². The topological polar surface area (TPSA) is 73.1 Å². The standard InChI is InChI=1S/C13H14F2N4O/c1-2-8-11(16)17-7-18-12(8)19-9-5-3-4-6-10(9)20-13(14)15/h3-7,13H,2H2,1H3,(H3,16,17,18,19). The van der Waals surface area contributed by atoms with E-state index in [2.05, 4.69) is 20.0 Å². The quantitative estimate of drug-likeness (QED) is 0.880. The lowest BCUT2D eigenvalue weighted by Crippen LogP contribution is -2.07. The van der Waals surface area contributed by atoms with Gasteiger partial charge < -0.3 is 15.8 Å². The van der Waals surface area contributed by atoms with Crippen molar-refractivity contribution in [2.45, 2.75) is 20.0 Å². The smallest absolute Gasteiger partial charge is 0.387 e. The number of nitrogens with one attached hydrogen (secondary N) is 1. The first-order chi connectivity index (χ1) is 9.61. The van der Waals surface area contributed by atoms with E-state index in [0.29, 0.717) is 23.7 Å². The van der Waals surface area contributed by atoms with Crippen LogP contribution in [0.3, 0.4) is 0 Å². The maximum Gasteiger partial charge on any atom is 0.387 e. The van der Waals surface area contributed by atoms with Gasteiger partial charge in [-0.1, -0.05) is 19.1 Å². The SMILES string of the molecule is CCc1c(N)ncnc1Nc1ccccc1OC(F)F. The minimum absolute atomic E-state index is 0.0433. The Bertz CT molecular complexity index is 592. The summed E-state index contributed by atoms with van der Waals surface area (Å²) in [4.78, 5) is 7.98. The van der Waals surface area contributed by atoms with Gasteiger partial charge in [0.15, 0.2) is 0 Å². The molecule has 0 amide bonds. The van der Waals surface area contributed by atoms with Crippen LogP contribution in [0.25, 0.3) is 0 Å². The van der Waals surface area contributed by atoms with E-state index in [9.17, 15) is 8.78 Å². The summed E-state index contributed by atoms with van der Waals surface area (Å²) in [6.07, 6.45) is 1.93. The van der Waals surface area contributed by atoms with Crippen molar-refractivity contribution in [2.24, 2.45) is 0 Å². The highest BCUT2D eigenvalue weighted by molar-refractivity contribution is 5.68. The summed E-state index contributed by atoms with van der Waals surface area (Å²) in [5.74, 6) is 0.879. The number of para-hydroxylation sites is 2. The van der Waals surface area contributed by atoms with Crippen molar-refractivity contribution in [1.82, 2.24) is 9.97 Å². The third-order valence-corrected chi connectivity index (χ3v) is 2.69. The van der Waals surface area contributed by atoms with E-state index in [-0.39, 0.29) is 5.75 Å². The van der Waals surface area contributed by atoms with Crippen LogP contribution in [0.4, 0.5) is 26.1 Å². The fraction of sp³-hybridized carbons (Fsp3) is 0.231. The molecular weight excluding hydrogens is 266 g/mol. The number of benzene rings is 1. The normalized spacial score (nSPS) is 10.6. The summed E-state index contributed by atoms with van der Waals surface area (Å²) in [6, 6.07) is 6.38. The van der Waals surface area contributed by atoms with Crippen LogP contribution in [0.5, 0.6) is 5.75 Å². The Morgan fingerprint density at radius 2 is 2.05 bits per heavy atom. The molecule has 0 bridgehead atoms. The van der Waals surface area contributed by atoms with Gasteiger partial charge in [0.1, 0.15) is 23.7 Å². The number of hydrogen-bond donors (Lipinski definition) is 2. The molecule has 0 radical (unpaired) electrons. The number of ether oxygens (including phenoxy) is 1. The Kier molecular flexibility index (Phi) is 4.29. The van der Waals surface area contributed by atoms with Crippen molar-refractivity contribution in [1.29, 1.82) is 0 Å². The lowest BCUT2D eigenvalue weighted by Gasteiger charge is -2.14. The molecule has 20 heavy (non-hydrogen) atoms. The number of rotatable bonds is 5. The monoisotopic (exact) mass is 280 g/mol. The fourth-order valence-electron chi connectivity index (χ4n) is 1.78. The molecule has 1 heterocycles. The van der Waals surface area contributed by atoms with E-state index in [1.54, 1.807) is 18.2 Å². The lowest BCUT2D eigenvalue weighted by molar-refractivity contribution is -0.0493. The highest BCUT2D eigenvalue weighted by atomic mass is 19.3. The van der Waals surface area contributed by atoms with Gasteiger partial charge in [-0.2, -0.15) is 8.78 Å². The van der Waals surface area contributed by atoms with E-state index in [0.717, 1.165) is 5.56 Å². The third kappa shape index (κ3) is 3.11. The van der Waals surface area contributed by atoms with Crippen molar-refractivity contribution in [2.75, 3.05) is 11.1 Å². The van der Waals surface area contributed by atoms with Crippen molar-refractivity contribution < 1.29 is 13.5 Å². The molecule has 0 unspecified atom stereocenters. The molecule has 0 saturated heterocycles. The van der Waals surface area contributed by atoms with Gasteiger partial charge in [0.05, 0.1) is 5.69 Å². The molecule has 7 heteroatoms. The highest BCUT2D eigenvalue weighted by Gasteiger charge is 2.12. The average molecular weight is 280 g/mol. The van der Waals surface area contributed by atoms with Crippen molar-refractivity contribution in [3.8, 4) is 5.75 Å². The lowest BCUT2D eigenvalue weighted by atomic mass is 10.2. The zero-order chi connectivity index (χ0) is 14.5. The number of alkyl halides is 2. The van der Waals surface area contributed by atoms with Crippen LogP contribution in [0, 0.1) is 0 Å². The molecule has 2 aromatic rings. The van der Waals surface area contributed by atoms with Gasteiger partial charge >= 0.3 is 6.61 Å². The first-order valence-electron chi connectivity index (χ1n) is 6.02. The second-order valence-electron chi connectivity index (χ2n) is 3.94. The van der Waals surface area contributed by atoms with E-state index >= 15 is 0 Å². The van der Waals surface area contributed by atoms with Crippen LogP contribution in [-0.2, 0) is 6.42 Å². The predicted octanol–water partition coefficient (Wildman–Crippen LogP) is 2.97. The molecule has 1 aromatic carbocycles. The van der Waals surface area contributed by atoms with E-state index in [4.69, 9.17) is 5.73 Å². The average Bonchev–Trinajstić information content (AvgIpc) is 2.41. The van der Waals surface area contributed by atoms with Crippen molar-refractivity contribution in [3.05, 3.63) is 36.2 Å². The molecule has 0 spiro atoms. The molecule has 106 valence electrons. The van der Waals surface area contributed by atoms with Gasteiger partial charge in [0.2, 0.25) is 0 Å². The number of nitrogen functional groups attached to an aromatic ring is 1. The van der Waals surface area contributed by atoms with Crippen LogP contribution in [0.1, 0.15) is 12.5 Å². The summed E-state index contributed by atoms with van der Waals surface area (Å²) in [6.45, 7) is -0.985. The number of hydrogen-bond acceptors (Lipinski definition) is 5. The summed E-state index contributed by atoms with van der Waals surface area (Å²) >= 11 is 0. The Labute approximate surface area is 114 Å². The van der Waals surface area contributed by atoms with Gasteiger partial charge in [-0.3, -0.25) is 0 Å². The van der Waals surface area contributed by atoms with Gasteiger partial charge in [0.25, 0.3) is 0 Å². The molecule has 0 atom stereocenters. The first kappa shape index (κ1) is 14.0. The summed E-state index contributed by atoms with van der Waals surface area (Å²) < 4.78 is 29.2. The molecule has 2 rings (SSSR count). The van der Waals surface area contributed by atoms with E-state index in [1.807, 2.05) is 6.92 Å². The minimum Gasteiger partial charge on any atom is -0.433 e. The molecule has 3 N–H and O–H groups in total. The Morgan fingerprint density at radius 3 is 2.75 bits per heavy atom. The molecule has 0 aliphatic rings. The number of halogens is 2. The minimum atomic E-state index is -2.89. The number of anilines is 3. The largest absolute Gasteiger partial charge is 0.433 e. The molecule has 0 aliphatic carbocycles. The molecule has 0 saturated carbocycles. The Morgan fingerprint density at radius 1 is 1.30 bits per heavy atom. The zero-order valence-electron chi connectivity index (χ0n) is 10.8. The Hall–Kier alpha value is -2.44. The summed E-state index contributed by atoms with van der Waals surface area (Å²) in [7, 11) is 0. The fourth-order valence-corrected chi connectivity index (χ4v) is 1.78. The second-order valence-corrected chi connectivity index (χ2v) is 3.94. The van der Waals surface area contributed by atoms with Gasteiger partial charge in [0, 0.05) is 5.56 Å². The van der Waals surface area contributed by atoms with Crippen molar-refractivity contribution >= 4 is 17.3 Å². The van der Waals surface area contributed by atoms with Crippen molar-refractivity contribution in [3.63, 3.8) is 0 Å². The molecule has 0 fully saturated rings. The highest BCUT2D eigenvalue weighted by Crippen LogP contribution is 2.30. The van der Waals surface area contributed by atoms with Crippen LogP contribution < -0.4 is 15.8 Å². The molecular formula is C13H14F2N4O. The van der Waals surface area contributed by atoms with Crippen LogP contribution >= 0.6 is 0 Å².